The van der Waals surface area contributed by atoms with E-state index < -0.39 is 6.10 Å². The number of carbonyl (C=O) groups is 1. The number of hydrogen-bond donors (Lipinski definition) is 0. The Morgan fingerprint density at radius 3 is 2.56 bits per heavy atom. The molecule has 0 spiro atoms. The highest BCUT2D eigenvalue weighted by atomic mass is 16.5. The first-order valence-corrected chi connectivity index (χ1v) is 8.36. The summed E-state index contributed by atoms with van der Waals surface area (Å²) in [6.07, 6.45) is 7.64. The zero-order valence-corrected chi connectivity index (χ0v) is 13.9. The molecule has 2 heterocycles. The van der Waals surface area contributed by atoms with E-state index in [4.69, 9.17) is 4.74 Å². The summed E-state index contributed by atoms with van der Waals surface area (Å²) in [7, 11) is 1.88. The minimum absolute atomic E-state index is 0.0859. The Hall–Kier alpha value is -2.95. The molecule has 2 aromatic heterocycles. The zero-order valence-electron chi connectivity index (χ0n) is 13.9. The molecule has 5 heteroatoms. The number of pyridine rings is 1. The van der Waals surface area contributed by atoms with Crippen LogP contribution in [0.2, 0.25) is 0 Å². The molecular formula is C20H19N3O2. The van der Waals surface area contributed by atoms with Gasteiger partial charge in [0.2, 0.25) is 0 Å². The molecule has 3 aromatic rings. The number of rotatable bonds is 5. The van der Waals surface area contributed by atoms with E-state index in [1.54, 1.807) is 17.1 Å². The standard InChI is InChI=1S/C20H19N3O2/c1-23-13-16(12-22-23)17-11-18(17)20(24)25-19(14-5-3-2-4-6-14)15-7-9-21-10-8-15/h2-10,12-13,17-19H,11H2,1H3. The summed E-state index contributed by atoms with van der Waals surface area (Å²) >= 11 is 0. The maximum absolute atomic E-state index is 12.7. The Kier molecular flexibility index (Phi) is 4.06. The van der Waals surface area contributed by atoms with E-state index in [1.807, 2.05) is 61.9 Å². The molecule has 0 radical (unpaired) electrons. The lowest BCUT2D eigenvalue weighted by Crippen LogP contribution is -2.15. The number of carbonyl (C=O) groups excluding carboxylic acids is 1. The zero-order chi connectivity index (χ0) is 17.2. The van der Waals surface area contributed by atoms with Crippen molar-refractivity contribution in [2.75, 3.05) is 0 Å². The van der Waals surface area contributed by atoms with Crippen LogP contribution in [0.4, 0.5) is 0 Å². The summed E-state index contributed by atoms with van der Waals surface area (Å²) in [5, 5.41) is 4.19. The fraction of sp³-hybridized carbons (Fsp3) is 0.250. The van der Waals surface area contributed by atoms with Crippen LogP contribution in [-0.2, 0) is 16.6 Å². The molecule has 3 atom stereocenters. The molecule has 1 aliphatic rings. The maximum Gasteiger partial charge on any atom is 0.310 e. The van der Waals surface area contributed by atoms with Gasteiger partial charge in [0.25, 0.3) is 0 Å². The molecule has 0 aliphatic heterocycles. The lowest BCUT2D eigenvalue weighted by Gasteiger charge is -2.18. The summed E-state index contributed by atoms with van der Waals surface area (Å²) in [5.41, 5.74) is 2.98. The summed E-state index contributed by atoms with van der Waals surface area (Å²) in [6.45, 7) is 0. The molecule has 3 unspecified atom stereocenters. The van der Waals surface area contributed by atoms with Gasteiger partial charge < -0.3 is 4.74 Å². The molecule has 4 rings (SSSR count). The van der Waals surface area contributed by atoms with Crippen molar-refractivity contribution in [3.05, 3.63) is 83.9 Å². The van der Waals surface area contributed by atoms with Gasteiger partial charge in [0.15, 0.2) is 6.10 Å². The van der Waals surface area contributed by atoms with Crippen molar-refractivity contribution in [3.8, 4) is 0 Å². The average Bonchev–Trinajstić information content (AvgIpc) is 3.35. The van der Waals surface area contributed by atoms with E-state index >= 15 is 0 Å². The van der Waals surface area contributed by atoms with Gasteiger partial charge in [-0.15, -0.1) is 0 Å². The predicted octanol–water partition coefficient (Wildman–Crippen LogP) is 3.25. The minimum atomic E-state index is -0.410. The molecule has 0 amide bonds. The van der Waals surface area contributed by atoms with Crippen LogP contribution in [0.1, 0.15) is 35.1 Å². The Morgan fingerprint density at radius 2 is 1.88 bits per heavy atom. The number of hydrogen-bond acceptors (Lipinski definition) is 4. The van der Waals surface area contributed by atoms with Crippen molar-refractivity contribution >= 4 is 5.97 Å². The van der Waals surface area contributed by atoms with Crippen molar-refractivity contribution in [2.24, 2.45) is 13.0 Å². The molecular weight excluding hydrogens is 314 g/mol. The van der Waals surface area contributed by atoms with Gasteiger partial charge in [-0.3, -0.25) is 14.5 Å². The molecule has 0 N–H and O–H groups in total. The average molecular weight is 333 g/mol. The largest absolute Gasteiger partial charge is 0.452 e. The minimum Gasteiger partial charge on any atom is -0.452 e. The van der Waals surface area contributed by atoms with Gasteiger partial charge in [0.1, 0.15) is 0 Å². The van der Waals surface area contributed by atoms with Gasteiger partial charge in [-0.1, -0.05) is 30.3 Å². The van der Waals surface area contributed by atoms with Gasteiger partial charge in [0.05, 0.1) is 12.1 Å². The fourth-order valence-corrected chi connectivity index (χ4v) is 3.15. The lowest BCUT2D eigenvalue weighted by molar-refractivity contribution is -0.149. The Balaban J connectivity index is 1.52. The highest BCUT2D eigenvalue weighted by molar-refractivity contribution is 5.78. The molecule has 0 saturated heterocycles. The van der Waals surface area contributed by atoms with Crippen LogP contribution in [0.15, 0.2) is 67.3 Å². The second kappa shape index (κ2) is 6.51. The van der Waals surface area contributed by atoms with Crippen molar-refractivity contribution in [2.45, 2.75) is 18.4 Å². The van der Waals surface area contributed by atoms with Crippen LogP contribution in [-0.4, -0.2) is 20.7 Å². The van der Waals surface area contributed by atoms with Crippen LogP contribution in [0.5, 0.6) is 0 Å². The monoisotopic (exact) mass is 333 g/mol. The van der Waals surface area contributed by atoms with E-state index in [1.165, 1.54) is 0 Å². The molecule has 1 aliphatic carbocycles. The van der Waals surface area contributed by atoms with Gasteiger partial charge in [-0.05, 0) is 29.7 Å². The van der Waals surface area contributed by atoms with Crippen molar-refractivity contribution in [3.63, 3.8) is 0 Å². The molecule has 126 valence electrons. The normalized spacial score (nSPS) is 20.0. The van der Waals surface area contributed by atoms with E-state index in [2.05, 4.69) is 10.1 Å². The third kappa shape index (κ3) is 3.31. The van der Waals surface area contributed by atoms with Crippen molar-refractivity contribution in [1.82, 2.24) is 14.8 Å². The van der Waals surface area contributed by atoms with Gasteiger partial charge >= 0.3 is 5.97 Å². The molecule has 0 bridgehead atoms. The van der Waals surface area contributed by atoms with Crippen LogP contribution in [0.3, 0.4) is 0 Å². The number of aromatic nitrogens is 3. The van der Waals surface area contributed by atoms with E-state index in [0.717, 1.165) is 23.1 Å². The third-order valence-corrected chi connectivity index (χ3v) is 4.59. The quantitative estimate of drug-likeness (QED) is 0.673. The molecule has 1 saturated carbocycles. The number of esters is 1. The van der Waals surface area contributed by atoms with E-state index in [0.29, 0.717) is 0 Å². The maximum atomic E-state index is 12.7. The first-order chi connectivity index (χ1) is 12.2. The van der Waals surface area contributed by atoms with Crippen molar-refractivity contribution < 1.29 is 9.53 Å². The highest BCUT2D eigenvalue weighted by Crippen LogP contribution is 2.48. The summed E-state index contributed by atoms with van der Waals surface area (Å²) < 4.78 is 7.67. The first kappa shape index (κ1) is 15.6. The Morgan fingerprint density at radius 1 is 1.16 bits per heavy atom. The van der Waals surface area contributed by atoms with E-state index in [9.17, 15) is 4.79 Å². The SMILES string of the molecule is Cn1cc(C2CC2C(=O)OC(c2ccccc2)c2ccncc2)cn1. The molecule has 25 heavy (non-hydrogen) atoms. The first-order valence-electron chi connectivity index (χ1n) is 8.36. The summed E-state index contributed by atoms with van der Waals surface area (Å²) in [6, 6.07) is 13.6. The van der Waals surface area contributed by atoms with Crippen LogP contribution in [0, 0.1) is 5.92 Å². The van der Waals surface area contributed by atoms with Crippen LogP contribution in [0.25, 0.3) is 0 Å². The molecule has 5 nitrogen and oxygen atoms in total. The van der Waals surface area contributed by atoms with Crippen LogP contribution < -0.4 is 0 Å². The smallest absolute Gasteiger partial charge is 0.310 e. The summed E-state index contributed by atoms with van der Waals surface area (Å²) in [4.78, 5) is 16.7. The van der Waals surface area contributed by atoms with Crippen LogP contribution >= 0.6 is 0 Å². The topological polar surface area (TPSA) is 57.0 Å². The Labute approximate surface area is 146 Å². The number of benzene rings is 1. The number of ether oxygens (including phenoxy) is 1. The highest BCUT2D eigenvalue weighted by Gasteiger charge is 2.46. The molecule has 1 fully saturated rings. The number of nitrogens with zero attached hydrogens (tertiary/aromatic N) is 3. The van der Waals surface area contributed by atoms with Crippen molar-refractivity contribution in [1.29, 1.82) is 0 Å². The van der Waals surface area contributed by atoms with Gasteiger partial charge in [0, 0.05) is 37.1 Å². The summed E-state index contributed by atoms with van der Waals surface area (Å²) in [5.74, 6) is -0.0215. The number of aryl methyl sites for hydroxylation is 1. The van der Waals surface area contributed by atoms with Gasteiger partial charge in [-0.2, -0.15) is 5.10 Å². The second-order valence-electron chi connectivity index (χ2n) is 6.40. The molecule has 1 aromatic carbocycles. The Bertz CT molecular complexity index is 821. The fourth-order valence-electron chi connectivity index (χ4n) is 3.15. The van der Waals surface area contributed by atoms with E-state index in [-0.39, 0.29) is 17.8 Å². The lowest BCUT2D eigenvalue weighted by atomic mass is 10.0. The predicted molar refractivity (Wildman–Crippen MR) is 92.7 cm³/mol. The van der Waals surface area contributed by atoms with Gasteiger partial charge in [-0.25, -0.2) is 0 Å². The second-order valence-corrected chi connectivity index (χ2v) is 6.40. The third-order valence-electron chi connectivity index (χ3n) is 4.59.